The van der Waals surface area contributed by atoms with Crippen molar-refractivity contribution in [1.82, 2.24) is 0 Å². The van der Waals surface area contributed by atoms with E-state index >= 15 is 4.11 Å². The molecule has 180 valence electrons. The van der Waals surface area contributed by atoms with E-state index in [9.17, 15) is 14.7 Å². The van der Waals surface area contributed by atoms with Gasteiger partial charge in [-0.3, -0.25) is 14.5 Å². The number of hydrogen-bond donors (Lipinski definition) is 2. The molecule has 3 aromatic carbocycles. The first-order valence-corrected chi connectivity index (χ1v) is 14.9. The van der Waals surface area contributed by atoms with Gasteiger partial charge in [-0.1, -0.05) is 31.2 Å². The van der Waals surface area contributed by atoms with Crippen LogP contribution < -0.4 is 10.2 Å². The summed E-state index contributed by atoms with van der Waals surface area (Å²) in [6.45, 7) is 4.99. The molecule has 0 saturated carbocycles. The van der Waals surface area contributed by atoms with Crippen LogP contribution in [0.1, 0.15) is 29.3 Å². The van der Waals surface area contributed by atoms with Crippen molar-refractivity contribution in [2.75, 3.05) is 16.8 Å². The van der Waals surface area contributed by atoms with Gasteiger partial charge >= 0.3 is 0 Å². The van der Waals surface area contributed by atoms with E-state index < -0.39 is 31.6 Å². The monoisotopic (exact) mass is 490 g/mol. The Hall–Kier alpha value is -3.07. The van der Waals surface area contributed by atoms with Crippen LogP contribution in [0.4, 0.5) is 21.2 Å². The van der Waals surface area contributed by atoms with Crippen LogP contribution in [0.2, 0.25) is 18.6 Å². The number of hydrogen-bond acceptors (Lipinski definition) is 4. The molecule has 6 nitrogen and oxygen atoms in total. The first-order valence-electron chi connectivity index (χ1n) is 12.0. The van der Waals surface area contributed by atoms with E-state index in [4.69, 9.17) is 4.74 Å². The molecular weight excluding hydrogens is 463 g/mol. The van der Waals surface area contributed by atoms with Crippen LogP contribution in [0.3, 0.4) is 0 Å². The minimum atomic E-state index is -3.24. The number of carbonyl (C=O) groups excluding carboxylic acids is 2. The Morgan fingerprint density at radius 1 is 1.14 bits per heavy atom. The summed E-state index contributed by atoms with van der Waals surface area (Å²) in [5.74, 6) is -0.882. The van der Waals surface area contributed by atoms with Gasteiger partial charge in [-0.05, 0) is 55.2 Å². The van der Waals surface area contributed by atoms with Gasteiger partial charge < -0.3 is 19.3 Å². The molecule has 2 N–H and O–H groups in total. The molecule has 0 aliphatic carbocycles. The molecule has 1 fully saturated rings. The van der Waals surface area contributed by atoms with E-state index in [2.05, 4.69) is 5.32 Å². The summed E-state index contributed by atoms with van der Waals surface area (Å²) in [4.78, 5) is 28.6. The first-order chi connectivity index (χ1) is 16.7. The third-order valence-electron chi connectivity index (χ3n) is 7.93. The average Bonchev–Trinajstić information content (AvgIpc) is 3.38. The van der Waals surface area contributed by atoms with Crippen molar-refractivity contribution >= 4 is 48.1 Å². The number of benzene rings is 3. The number of nitrogens with one attached hydrogen (secondary N) is 1. The Kier molecular flexibility index (Phi) is 4.77. The van der Waals surface area contributed by atoms with Crippen molar-refractivity contribution in [2.24, 2.45) is 5.92 Å². The van der Waals surface area contributed by atoms with E-state index in [1.54, 1.807) is 24.1 Å². The van der Waals surface area contributed by atoms with Gasteiger partial charge in [-0.25, -0.2) is 0 Å². The highest BCUT2D eigenvalue weighted by atomic mass is 28.4. The molecule has 8 heteroatoms. The molecule has 0 unspecified atom stereocenters. The topological polar surface area (TPSA) is 78.9 Å². The lowest BCUT2D eigenvalue weighted by molar-refractivity contribution is -0.143. The fourth-order valence-electron chi connectivity index (χ4n) is 6.56. The highest BCUT2D eigenvalue weighted by Gasteiger charge is 2.65. The maximum Gasteiger partial charge on any atom is 0.263 e. The quantitative estimate of drug-likeness (QED) is 0.387. The summed E-state index contributed by atoms with van der Waals surface area (Å²) in [6, 6.07) is 16.9. The van der Waals surface area contributed by atoms with Crippen LogP contribution in [0.25, 0.3) is 10.8 Å². The summed E-state index contributed by atoms with van der Waals surface area (Å²) >= 11 is 0. The number of ether oxygens (including phenoxy) is 1. The zero-order valence-corrected chi connectivity index (χ0v) is 20.8. The number of aliphatic hydroxyl groups is 1. The first kappa shape index (κ1) is 22.4. The number of carbonyl (C=O) groups is 2. The van der Waals surface area contributed by atoms with E-state index in [0.717, 1.165) is 16.5 Å². The lowest BCUT2D eigenvalue weighted by Gasteiger charge is -2.31. The van der Waals surface area contributed by atoms with Gasteiger partial charge in [0.2, 0.25) is 8.41 Å². The van der Waals surface area contributed by atoms with Crippen LogP contribution in [-0.4, -0.2) is 38.0 Å². The average molecular weight is 491 g/mol. The van der Waals surface area contributed by atoms with Gasteiger partial charge in [0.15, 0.2) is 5.60 Å². The maximum atomic E-state index is 15.5. The van der Waals surface area contributed by atoms with Gasteiger partial charge in [0, 0.05) is 40.4 Å². The molecule has 3 heterocycles. The van der Waals surface area contributed by atoms with Crippen molar-refractivity contribution in [3.05, 3.63) is 65.7 Å². The summed E-state index contributed by atoms with van der Waals surface area (Å²) < 4.78 is 21.9. The van der Waals surface area contributed by atoms with Gasteiger partial charge in [-0.2, -0.15) is 0 Å². The fraction of sp³-hybridized carbons (Fsp3) is 0.333. The second kappa shape index (κ2) is 7.46. The van der Waals surface area contributed by atoms with Crippen molar-refractivity contribution < 1.29 is 23.5 Å². The summed E-state index contributed by atoms with van der Waals surface area (Å²) in [5, 5.41) is 14.5. The molecule has 3 aliphatic heterocycles. The lowest BCUT2D eigenvalue weighted by Crippen LogP contribution is -2.42. The molecule has 1 spiro atoms. The number of aliphatic hydroxyl groups excluding tert-OH is 1. The van der Waals surface area contributed by atoms with Crippen molar-refractivity contribution in [1.29, 1.82) is 0 Å². The SMILES string of the molecule is C[C@@H]1[C@@H]([Si](C)(C)F)[C@H](CCO)O[C@@]12C(=O)Nc1ccc(N3C(=O)c4cccc5cccc3c45)cc12. The predicted molar refractivity (Wildman–Crippen MR) is 135 cm³/mol. The van der Waals surface area contributed by atoms with Crippen LogP contribution in [0, 0.1) is 5.92 Å². The summed E-state index contributed by atoms with van der Waals surface area (Å²) in [7, 11) is -3.24. The third kappa shape index (κ3) is 2.93. The Bertz CT molecular complexity index is 1400. The lowest BCUT2D eigenvalue weighted by atomic mass is 9.82. The third-order valence-corrected chi connectivity index (χ3v) is 10.4. The highest BCUT2D eigenvalue weighted by Crippen LogP contribution is 2.59. The predicted octanol–water partition coefficient (Wildman–Crippen LogP) is 5.24. The molecular formula is C27H27FN2O4Si. The second-order valence-electron chi connectivity index (χ2n) is 10.3. The van der Waals surface area contributed by atoms with Crippen LogP contribution in [-0.2, 0) is 15.1 Å². The van der Waals surface area contributed by atoms with E-state index in [-0.39, 0.29) is 24.8 Å². The molecule has 6 rings (SSSR count). The largest absolute Gasteiger partial charge is 0.396 e. The molecule has 35 heavy (non-hydrogen) atoms. The van der Waals surface area contributed by atoms with Gasteiger partial charge in [-0.15, -0.1) is 0 Å². The number of amides is 2. The number of rotatable bonds is 4. The second-order valence-corrected chi connectivity index (χ2v) is 14.1. The summed E-state index contributed by atoms with van der Waals surface area (Å²) in [6.07, 6.45) is -0.296. The Labute approximate surface area is 203 Å². The Morgan fingerprint density at radius 3 is 2.60 bits per heavy atom. The zero-order valence-electron chi connectivity index (χ0n) is 19.8. The molecule has 1 saturated heterocycles. The maximum absolute atomic E-state index is 15.5. The molecule has 2 amide bonds. The fourth-order valence-corrected chi connectivity index (χ4v) is 9.11. The van der Waals surface area contributed by atoms with E-state index in [0.29, 0.717) is 22.5 Å². The van der Waals surface area contributed by atoms with E-state index in [1.807, 2.05) is 55.5 Å². The molecule has 3 aliphatic rings. The molecule has 0 radical (unpaired) electrons. The van der Waals surface area contributed by atoms with Gasteiger partial charge in [0.25, 0.3) is 11.8 Å². The van der Waals surface area contributed by atoms with Gasteiger partial charge in [0.05, 0.1) is 17.4 Å². The van der Waals surface area contributed by atoms with Crippen LogP contribution in [0.5, 0.6) is 0 Å². The van der Waals surface area contributed by atoms with E-state index in [1.165, 1.54) is 0 Å². The number of halogens is 1. The molecule has 0 aromatic heterocycles. The van der Waals surface area contributed by atoms with Crippen molar-refractivity contribution in [3.8, 4) is 0 Å². The number of nitrogens with zero attached hydrogens (tertiary/aromatic N) is 1. The minimum absolute atomic E-state index is 0.128. The van der Waals surface area contributed by atoms with Crippen LogP contribution >= 0.6 is 0 Å². The number of anilines is 3. The van der Waals surface area contributed by atoms with Crippen molar-refractivity contribution in [2.45, 2.75) is 43.7 Å². The summed E-state index contributed by atoms with van der Waals surface area (Å²) in [5.41, 5.74) is 1.46. The zero-order chi connectivity index (χ0) is 24.7. The normalized spacial score (nSPS) is 27.2. The molecule has 4 atom stereocenters. The minimum Gasteiger partial charge on any atom is -0.396 e. The number of fused-ring (bicyclic) bond motifs is 2. The molecule has 3 aromatic rings. The van der Waals surface area contributed by atoms with Crippen molar-refractivity contribution in [3.63, 3.8) is 0 Å². The van der Waals surface area contributed by atoms with Gasteiger partial charge in [0.1, 0.15) is 0 Å². The van der Waals surface area contributed by atoms with Crippen LogP contribution in [0.15, 0.2) is 54.6 Å². The molecule has 0 bridgehead atoms. The standard InChI is InChI=1S/C27H27FN2O4Si/c1-15-24(35(2,3)28)22(12-13-31)34-27(15)19-14-17(10-11-20(19)29-26(27)33)30-21-9-5-7-16-6-4-8-18(23(16)21)25(30)32/h4-11,14-15,22,24,31H,12-13H2,1-3H3,(H,29,33)/t15-,22+,24-,27+/m1/s1. The Morgan fingerprint density at radius 2 is 1.89 bits per heavy atom. The Balaban J connectivity index is 1.49. The smallest absolute Gasteiger partial charge is 0.263 e. The highest BCUT2D eigenvalue weighted by molar-refractivity contribution is 6.72.